The fraction of sp³-hybridized carbons (Fsp3) is 0.212. The molecule has 7 rings (SSSR count). The fourth-order valence-electron chi connectivity index (χ4n) is 6.00. The molecule has 188 valence electrons. The molecule has 5 nitrogen and oxygen atoms in total. The topological polar surface area (TPSA) is 64.1 Å². The first-order valence-corrected chi connectivity index (χ1v) is 13.0. The lowest BCUT2D eigenvalue weighted by molar-refractivity contribution is 0.296. The van der Waals surface area contributed by atoms with E-state index in [1.165, 1.54) is 0 Å². The van der Waals surface area contributed by atoms with E-state index in [-0.39, 0.29) is 16.6 Å². The molecule has 0 saturated heterocycles. The van der Waals surface area contributed by atoms with E-state index in [0.717, 1.165) is 67.1 Å². The van der Waals surface area contributed by atoms with Gasteiger partial charge in [0, 0.05) is 40.6 Å². The van der Waals surface area contributed by atoms with Crippen molar-refractivity contribution in [2.45, 2.75) is 38.5 Å². The lowest BCUT2D eigenvalue weighted by atomic mass is 9.56. The molecule has 3 aromatic heterocycles. The highest BCUT2D eigenvalue weighted by Gasteiger charge is 2.47. The number of pyridine rings is 1. The standard InChI is InChI=1S/C33H29N3O2/c1-32(2)22-10-8-11-26(37)29(22)30-23(33(32,3)4)14-15-24(34-30)25-18-36(5)31(35-25)19-13-16-28-21(17-19)20-9-6-7-12-27(20)38-28/h6-18,37H,1-5H3. The summed E-state index contributed by atoms with van der Waals surface area (Å²) in [6.45, 7) is 9.00. The third-order valence-corrected chi connectivity index (χ3v) is 8.86. The molecular weight excluding hydrogens is 470 g/mol. The maximum atomic E-state index is 10.9. The van der Waals surface area contributed by atoms with Gasteiger partial charge in [0.2, 0.25) is 0 Å². The molecule has 3 aromatic carbocycles. The van der Waals surface area contributed by atoms with Gasteiger partial charge in [0.05, 0.1) is 11.4 Å². The van der Waals surface area contributed by atoms with E-state index in [1.807, 2.05) is 48.1 Å². The summed E-state index contributed by atoms with van der Waals surface area (Å²) in [5.41, 5.74) is 7.89. The number of phenols is 1. The van der Waals surface area contributed by atoms with E-state index >= 15 is 0 Å². The van der Waals surface area contributed by atoms with Gasteiger partial charge < -0.3 is 14.1 Å². The highest BCUT2D eigenvalue weighted by Crippen LogP contribution is 2.55. The maximum absolute atomic E-state index is 10.9. The quantitative estimate of drug-likeness (QED) is 0.262. The normalized spacial score (nSPS) is 15.5. The third-order valence-electron chi connectivity index (χ3n) is 8.86. The van der Waals surface area contributed by atoms with Gasteiger partial charge >= 0.3 is 0 Å². The summed E-state index contributed by atoms with van der Waals surface area (Å²) in [6.07, 6.45) is 2.02. The van der Waals surface area contributed by atoms with Crippen LogP contribution >= 0.6 is 0 Å². The minimum atomic E-state index is -0.175. The van der Waals surface area contributed by atoms with Crippen molar-refractivity contribution >= 4 is 21.9 Å². The first-order valence-electron chi connectivity index (χ1n) is 13.0. The Kier molecular flexibility index (Phi) is 4.54. The lowest BCUT2D eigenvalue weighted by Crippen LogP contribution is -2.43. The molecule has 0 spiro atoms. The number of aromatic hydroxyl groups is 1. The van der Waals surface area contributed by atoms with Crippen LogP contribution in [0.1, 0.15) is 38.8 Å². The van der Waals surface area contributed by atoms with E-state index in [1.54, 1.807) is 6.07 Å². The van der Waals surface area contributed by atoms with Crippen molar-refractivity contribution in [3.63, 3.8) is 0 Å². The largest absolute Gasteiger partial charge is 0.507 e. The monoisotopic (exact) mass is 499 g/mol. The van der Waals surface area contributed by atoms with Crippen LogP contribution in [0.4, 0.5) is 0 Å². The SMILES string of the molecule is Cn1cc(-c2ccc3c(n2)-c2c(O)cccc2C(C)(C)C3(C)C)nc1-c1ccc2oc3ccccc3c2c1. The van der Waals surface area contributed by atoms with Crippen LogP contribution in [0.15, 0.2) is 83.4 Å². The average Bonchev–Trinajstić information content (AvgIpc) is 3.47. The van der Waals surface area contributed by atoms with Gasteiger partial charge in [0.1, 0.15) is 28.4 Å². The van der Waals surface area contributed by atoms with Gasteiger partial charge in [-0.1, -0.05) is 64.1 Å². The zero-order chi connectivity index (χ0) is 26.4. The number of fused-ring (bicyclic) bond motifs is 6. The molecular formula is C33H29N3O2. The molecule has 0 aliphatic heterocycles. The van der Waals surface area contributed by atoms with E-state index < -0.39 is 0 Å². The van der Waals surface area contributed by atoms with Crippen LogP contribution in [0.25, 0.3) is 56.0 Å². The van der Waals surface area contributed by atoms with Crippen molar-refractivity contribution in [3.8, 4) is 39.8 Å². The summed E-state index contributed by atoms with van der Waals surface area (Å²) >= 11 is 0. The van der Waals surface area contributed by atoms with Gasteiger partial charge in [0.15, 0.2) is 0 Å². The first-order chi connectivity index (χ1) is 18.2. The van der Waals surface area contributed by atoms with Gasteiger partial charge in [-0.25, -0.2) is 9.97 Å². The summed E-state index contributed by atoms with van der Waals surface area (Å²) in [5.74, 6) is 1.12. The number of hydrogen-bond donors (Lipinski definition) is 1. The Hall–Kier alpha value is -4.38. The Balaban J connectivity index is 1.37. The van der Waals surface area contributed by atoms with E-state index in [2.05, 4.69) is 64.1 Å². The van der Waals surface area contributed by atoms with Crippen molar-refractivity contribution in [1.29, 1.82) is 0 Å². The predicted octanol–water partition coefficient (Wildman–Crippen LogP) is 7.99. The van der Waals surface area contributed by atoms with Crippen molar-refractivity contribution in [2.24, 2.45) is 7.05 Å². The predicted molar refractivity (Wildman–Crippen MR) is 152 cm³/mol. The number of benzene rings is 3. The molecule has 5 heteroatoms. The molecule has 0 saturated carbocycles. The second kappa shape index (κ2) is 7.57. The second-order valence-corrected chi connectivity index (χ2v) is 11.4. The zero-order valence-electron chi connectivity index (χ0n) is 22.2. The zero-order valence-corrected chi connectivity index (χ0v) is 22.2. The summed E-state index contributed by atoms with van der Waals surface area (Å²) < 4.78 is 8.05. The number of para-hydroxylation sites is 1. The molecule has 1 aliphatic rings. The number of phenolic OH excluding ortho intramolecular Hbond substituents is 1. The maximum Gasteiger partial charge on any atom is 0.140 e. The molecule has 1 aliphatic carbocycles. The number of aryl methyl sites for hydroxylation is 1. The van der Waals surface area contributed by atoms with Crippen LogP contribution < -0.4 is 0 Å². The molecule has 38 heavy (non-hydrogen) atoms. The van der Waals surface area contributed by atoms with Crippen LogP contribution in [-0.2, 0) is 17.9 Å². The van der Waals surface area contributed by atoms with Gasteiger partial charge in [-0.3, -0.25) is 0 Å². The number of hydrogen-bond acceptors (Lipinski definition) is 4. The van der Waals surface area contributed by atoms with E-state index in [9.17, 15) is 5.11 Å². The fourth-order valence-corrected chi connectivity index (χ4v) is 6.00. The number of furan rings is 1. The van der Waals surface area contributed by atoms with Crippen molar-refractivity contribution in [2.75, 3.05) is 0 Å². The summed E-state index contributed by atoms with van der Waals surface area (Å²) in [6, 6.07) is 24.3. The first kappa shape index (κ1) is 22.8. The highest BCUT2D eigenvalue weighted by atomic mass is 16.3. The van der Waals surface area contributed by atoms with Crippen molar-refractivity contribution in [1.82, 2.24) is 14.5 Å². The number of nitrogens with zero attached hydrogens (tertiary/aromatic N) is 3. The Morgan fingerprint density at radius 1 is 0.737 bits per heavy atom. The number of aromatic nitrogens is 3. The minimum Gasteiger partial charge on any atom is -0.507 e. The molecule has 6 aromatic rings. The Morgan fingerprint density at radius 2 is 1.50 bits per heavy atom. The van der Waals surface area contributed by atoms with Gasteiger partial charge in [-0.05, 0) is 52.9 Å². The molecule has 0 bridgehead atoms. The molecule has 0 fully saturated rings. The third kappa shape index (κ3) is 2.99. The van der Waals surface area contributed by atoms with E-state index in [4.69, 9.17) is 14.4 Å². The van der Waals surface area contributed by atoms with Crippen LogP contribution in [0, 0.1) is 0 Å². The van der Waals surface area contributed by atoms with Gasteiger partial charge in [-0.2, -0.15) is 0 Å². The van der Waals surface area contributed by atoms with Gasteiger partial charge in [-0.15, -0.1) is 0 Å². The highest BCUT2D eigenvalue weighted by molar-refractivity contribution is 6.06. The molecule has 1 N–H and O–H groups in total. The summed E-state index contributed by atoms with van der Waals surface area (Å²) in [5, 5.41) is 13.1. The lowest BCUT2D eigenvalue weighted by Gasteiger charge is -2.47. The van der Waals surface area contributed by atoms with Crippen LogP contribution in [-0.4, -0.2) is 19.6 Å². The molecule has 0 amide bonds. The summed E-state index contributed by atoms with van der Waals surface area (Å²) in [4.78, 5) is 10.1. The van der Waals surface area contributed by atoms with E-state index in [0.29, 0.717) is 0 Å². The number of rotatable bonds is 2. The Morgan fingerprint density at radius 3 is 2.34 bits per heavy atom. The van der Waals surface area contributed by atoms with Crippen LogP contribution in [0.2, 0.25) is 0 Å². The van der Waals surface area contributed by atoms with Crippen molar-refractivity contribution in [3.05, 3.63) is 90.1 Å². The smallest absolute Gasteiger partial charge is 0.140 e. The Bertz CT molecular complexity index is 1910. The van der Waals surface area contributed by atoms with Crippen LogP contribution in [0.5, 0.6) is 5.75 Å². The number of imidazole rings is 1. The summed E-state index contributed by atoms with van der Waals surface area (Å²) in [7, 11) is 2.01. The van der Waals surface area contributed by atoms with Gasteiger partial charge in [0.25, 0.3) is 0 Å². The second-order valence-electron chi connectivity index (χ2n) is 11.4. The molecule has 0 radical (unpaired) electrons. The minimum absolute atomic E-state index is 0.174. The average molecular weight is 500 g/mol. The van der Waals surface area contributed by atoms with Crippen molar-refractivity contribution < 1.29 is 9.52 Å². The molecule has 0 atom stereocenters. The Labute approximate surface area is 221 Å². The molecule has 3 heterocycles. The molecule has 0 unspecified atom stereocenters. The van der Waals surface area contributed by atoms with Crippen LogP contribution in [0.3, 0.4) is 0 Å².